The van der Waals surface area contributed by atoms with E-state index in [1.807, 2.05) is 6.55 Å². The monoisotopic (exact) mass is 434 g/mol. The van der Waals surface area contributed by atoms with Crippen LogP contribution in [0.4, 0.5) is 13.2 Å². The summed E-state index contributed by atoms with van der Waals surface area (Å²) < 4.78 is 60.7. The van der Waals surface area contributed by atoms with Crippen LogP contribution in [0.25, 0.3) is 0 Å². The van der Waals surface area contributed by atoms with Crippen LogP contribution in [-0.4, -0.2) is 64.3 Å². The lowest BCUT2D eigenvalue weighted by Gasteiger charge is -2.22. The number of esters is 1. The number of rotatable bonds is 11. The average molecular weight is 435 g/mol. The summed E-state index contributed by atoms with van der Waals surface area (Å²) in [5.74, 6) is -0.340. The van der Waals surface area contributed by atoms with Crippen LogP contribution < -0.4 is 0 Å². The molecule has 0 aliphatic carbocycles. The molecular weight excluding hydrogens is 401 g/mol. The van der Waals surface area contributed by atoms with Crippen molar-refractivity contribution in [1.82, 2.24) is 0 Å². The minimum atomic E-state index is -4.12. The van der Waals surface area contributed by atoms with Crippen molar-refractivity contribution in [3.8, 4) is 0 Å². The van der Waals surface area contributed by atoms with E-state index in [9.17, 15) is 18.0 Å². The van der Waals surface area contributed by atoms with Crippen molar-refractivity contribution >= 4 is 23.1 Å². The summed E-state index contributed by atoms with van der Waals surface area (Å²) in [4.78, 5) is 11.0. The van der Waals surface area contributed by atoms with E-state index < -0.39 is 29.7 Å². The first kappa shape index (κ1) is 28.5. The lowest BCUT2D eigenvalue weighted by Crippen LogP contribution is -2.37. The van der Waals surface area contributed by atoms with E-state index >= 15 is 0 Å². The standard InChI is InChI=1S/C10H20O4Si.C6H13F3O2Si/c1-9(2)10(11)14-7-6-8-15(5,12-3)13-4;1-10-12(3,11-2)5-4-6(7,8)9/h1,6-8H2,2-5H3;4-5H2,1-3H3. The molecule has 0 radical (unpaired) electrons. The van der Waals surface area contributed by atoms with Crippen molar-refractivity contribution in [2.24, 2.45) is 0 Å². The third-order valence-corrected chi connectivity index (χ3v) is 9.82. The van der Waals surface area contributed by atoms with Gasteiger partial charge in [0.1, 0.15) is 0 Å². The van der Waals surface area contributed by atoms with Crippen molar-refractivity contribution in [1.29, 1.82) is 0 Å². The molecule has 0 amide bonds. The molecule has 27 heavy (non-hydrogen) atoms. The number of hydrogen-bond acceptors (Lipinski definition) is 6. The molecule has 0 rings (SSSR count). The van der Waals surface area contributed by atoms with Gasteiger partial charge in [-0.2, -0.15) is 13.2 Å². The molecule has 0 unspecified atom stereocenters. The molecule has 162 valence electrons. The maximum atomic E-state index is 11.8. The molecule has 6 nitrogen and oxygen atoms in total. The molecule has 0 bridgehead atoms. The Morgan fingerprint density at radius 3 is 1.67 bits per heavy atom. The van der Waals surface area contributed by atoms with E-state index in [0.717, 1.165) is 12.5 Å². The number of carbonyl (C=O) groups excluding carboxylic acids is 1. The zero-order valence-electron chi connectivity index (χ0n) is 17.3. The Kier molecular flexibility index (Phi) is 14.2. The van der Waals surface area contributed by atoms with Crippen LogP contribution in [0.3, 0.4) is 0 Å². The van der Waals surface area contributed by atoms with Gasteiger partial charge in [0.25, 0.3) is 0 Å². The molecule has 0 atom stereocenters. The first-order valence-electron chi connectivity index (χ1n) is 8.38. The second-order valence-electron chi connectivity index (χ2n) is 6.22. The molecule has 0 N–H and O–H groups in total. The summed E-state index contributed by atoms with van der Waals surface area (Å²) in [6, 6.07) is 0.757. The Hall–Kier alpha value is -0.726. The van der Waals surface area contributed by atoms with Crippen LogP contribution >= 0.6 is 0 Å². The van der Waals surface area contributed by atoms with Gasteiger partial charge >= 0.3 is 29.3 Å². The Bertz CT molecular complexity index is 438. The molecule has 0 aromatic heterocycles. The predicted octanol–water partition coefficient (Wildman–Crippen LogP) is 4.16. The van der Waals surface area contributed by atoms with E-state index in [1.54, 1.807) is 27.7 Å². The first-order valence-corrected chi connectivity index (χ1v) is 13.4. The topological polar surface area (TPSA) is 63.2 Å². The van der Waals surface area contributed by atoms with E-state index in [4.69, 9.17) is 22.4 Å². The number of carbonyl (C=O) groups is 1. The summed E-state index contributed by atoms with van der Waals surface area (Å²) in [5, 5.41) is 0. The Balaban J connectivity index is 0. The molecule has 0 aromatic carbocycles. The molecule has 0 heterocycles. The number of hydrogen-bond donors (Lipinski definition) is 0. The third-order valence-electron chi connectivity index (χ3n) is 3.95. The highest BCUT2D eigenvalue weighted by Gasteiger charge is 2.36. The predicted molar refractivity (Wildman–Crippen MR) is 102 cm³/mol. The fourth-order valence-corrected chi connectivity index (χ4v) is 4.30. The zero-order valence-corrected chi connectivity index (χ0v) is 19.3. The molecule has 0 spiro atoms. The van der Waals surface area contributed by atoms with Gasteiger partial charge in [-0.1, -0.05) is 6.58 Å². The molecule has 11 heteroatoms. The average Bonchev–Trinajstić information content (AvgIpc) is 2.62. The summed E-state index contributed by atoms with van der Waals surface area (Å²) in [5.41, 5.74) is 0.425. The van der Waals surface area contributed by atoms with Gasteiger partial charge in [-0.15, -0.1) is 0 Å². The van der Waals surface area contributed by atoms with Gasteiger partial charge in [0.15, 0.2) is 0 Å². The normalized spacial score (nSPS) is 12.2. The lowest BCUT2D eigenvalue weighted by atomic mass is 10.4. The number of halogens is 3. The molecule has 0 saturated carbocycles. The molecule has 0 aliphatic heterocycles. The summed E-state index contributed by atoms with van der Waals surface area (Å²) in [7, 11) is 1.52. The fourth-order valence-electron chi connectivity index (χ4n) is 1.63. The van der Waals surface area contributed by atoms with Crippen molar-refractivity contribution < 1.29 is 40.4 Å². The number of ether oxygens (including phenoxy) is 1. The van der Waals surface area contributed by atoms with Crippen LogP contribution in [0.2, 0.25) is 25.2 Å². The Morgan fingerprint density at radius 1 is 0.926 bits per heavy atom. The highest BCUT2D eigenvalue weighted by Crippen LogP contribution is 2.26. The number of alkyl halides is 3. The van der Waals surface area contributed by atoms with Crippen LogP contribution in [-0.2, 0) is 27.2 Å². The van der Waals surface area contributed by atoms with Crippen molar-refractivity contribution in [3.63, 3.8) is 0 Å². The maximum absolute atomic E-state index is 11.8. The van der Waals surface area contributed by atoms with E-state index in [0.29, 0.717) is 12.2 Å². The van der Waals surface area contributed by atoms with Gasteiger partial charge in [0.2, 0.25) is 0 Å². The molecule has 0 saturated heterocycles. The molecule has 0 aliphatic rings. The summed E-state index contributed by atoms with van der Waals surface area (Å²) >= 11 is 0. The minimum absolute atomic E-state index is 0.0521. The van der Waals surface area contributed by atoms with E-state index in [-0.39, 0.29) is 12.0 Å². The fraction of sp³-hybridized carbons (Fsp3) is 0.812. The highest BCUT2D eigenvalue weighted by molar-refractivity contribution is 6.66. The largest absolute Gasteiger partial charge is 0.462 e. The highest BCUT2D eigenvalue weighted by atomic mass is 28.4. The van der Waals surface area contributed by atoms with Crippen molar-refractivity contribution in [3.05, 3.63) is 12.2 Å². The SMILES string of the molecule is C=C(C)C(=O)OCCC[Si](C)(OC)OC.CO[Si](C)(CCC(F)(F)F)OC. The van der Waals surface area contributed by atoms with Crippen molar-refractivity contribution in [2.75, 3.05) is 35.0 Å². The summed E-state index contributed by atoms with van der Waals surface area (Å²) in [6.45, 7) is 9.11. The molecular formula is C16H33F3O6Si2. The van der Waals surface area contributed by atoms with Gasteiger partial charge in [-0.25, -0.2) is 4.79 Å². The van der Waals surface area contributed by atoms with Gasteiger partial charge < -0.3 is 22.4 Å². The van der Waals surface area contributed by atoms with E-state index in [2.05, 4.69) is 6.58 Å². The first-order chi connectivity index (χ1) is 12.3. The molecule has 0 aromatic rings. The quantitative estimate of drug-likeness (QED) is 0.211. The van der Waals surface area contributed by atoms with Crippen LogP contribution in [0, 0.1) is 0 Å². The zero-order chi connectivity index (χ0) is 21.7. The minimum Gasteiger partial charge on any atom is -0.462 e. The van der Waals surface area contributed by atoms with Crippen LogP contribution in [0.15, 0.2) is 12.2 Å². The third kappa shape index (κ3) is 14.9. The van der Waals surface area contributed by atoms with Gasteiger partial charge in [0, 0.05) is 40.4 Å². The van der Waals surface area contributed by atoms with E-state index in [1.165, 1.54) is 14.2 Å². The van der Waals surface area contributed by atoms with Gasteiger partial charge in [-0.05, 0) is 38.5 Å². The lowest BCUT2D eigenvalue weighted by molar-refractivity contribution is -0.139. The van der Waals surface area contributed by atoms with Crippen LogP contribution in [0.5, 0.6) is 0 Å². The smallest absolute Gasteiger partial charge is 0.389 e. The maximum Gasteiger partial charge on any atom is 0.389 e. The second-order valence-corrected chi connectivity index (χ2v) is 13.4. The van der Waals surface area contributed by atoms with Gasteiger partial charge in [-0.3, -0.25) is 0 Å². The van der Waals surface area contributed by atoms with Crippen LogP contribution in [0.1, 0.15) is 19.8 Å². The summed E-state index contributed by atoms with van der Waals surface area (Å²) in [6.07, 6.45) is -4.20. The Labute approximate surface area is 162 Å². The Morgan fingerprint density at radius 2 is 1.33 bits per heavy atom. The van der Waals surface area contributed by atoms with Gasteiger partial charge in [0.05, 0.1) is 6.61 Å². The van der Waals surface area contributed by atoms with Crippen molar-refractivity contribution in [2.45, 2.75) is 51.1 Å². The molecule has 0 fully saturated rings. The second kappa shape index (κ2) is 13.5.